The lowest BCUT2D eigenvalue weighted by Crippen LogP contribution is -2.44. The largest absolute Gasteiger partial charge is 0.310 e. The van der Waals surface area contributed by atoms with E-state index in [1.807, 2.05) is 0 Å². The molecule has 0 fully saturated rings. The number of benzene rings is 14. The van der Waals surface area contributed by atoms with Crippen molar-refractivity contribution in [3.05, 3.63) is 395 Å². The summed E-state index contributed by atoms with van der Waals surface area (Å²) < 4.78 is 0. The van der Waals surface area contributed by atoms with Crippen LogP contribution in [-0.4, -0.2) is 0 Å². The van der Waals surface area contributed by atoms with E-state index in [0.29, 0.717) is 0 Å². The first kappa shape index (κ1) is 52.8. The first-order valence-electron chi connectivity index (χ1n) is 31.9. The summed E-state index contributed by atoms with van der Waals surface area (Å²) in [7, 11) is 0. The van der Waals surface area contributed by atoms with Crippen LogP contribution < -0.4 is 9.80 Å². The predicted octanol–water partition coefficient (Wildman–Crippen LogP) is 23.0. The van der Waals surface area contributed by atoms with E-state index in [1.54, 1.807) is 0 Å². The molecule has 0 saturated carbocycles. The van der Waals surface area contributed by atoms with Crippen molar-refractivity contribution >= 4 is 34.1 Å². The second-order valence-electron chi connectivity index (χ2n) is 25.4. The van der Waals surface area contributed by atoms with Gasteiger partial charge in [0.1, 0.15) is 0 Å². The summed E-state index contributed by atoms with van der Waals surface area (Å²) in [6.07, 6.45) is 0. The van der Waals surface area contributed by atoms with Crippen molar-refractivity contribution in [2.75, 3.05) is 9.80 Å². The van der Waals surface area contributed by atoms with Crippen LogP contribution in [0.2, 0.25) is 0 Å². The molecule has 0 aliphatic heterocycles. The highest BCUT2D eigenvalue weighted by molar-refractivity contribution is 5.99. The van der Waals surface area contributed by atoms with Gasteiger partial charge in [0.2, 0.25) is 0 Å². The summed E-state index contributed by atoms with van der Waals surface area (Å²) >= 11 is 0. The second kappa shape index (κ2) is 20.4. The number of nitrogens with zero attached hydrogens (tertiary/aromatic N) is 2. The van der Waals surface area contributed by atoms with E-state index in [9.17, 15) is 0 Å². The van der Waals surface area contributed by atoms with Gasteiger partial charge in [0.25, 0.3) is 0 Å². The second-order valence-corrected chi connectivity index (χ2v) is 25.4. The van der Waals surface area contributed by atoms with Gasteiger partial charge in [-0.25, -0.2) is 0 Å². The maximum absolute atomic E-state index is 2.56. The molecule has 428 valence electrons. The lowest BCUT2D eigenvalue weighted by atomic mass is 9.52. The van der Waals surface area contributed by atoms with Gasteiger partial charge in [-0.2, -0.15) is 0 Å². The Balaban J connectivity index is 0.875. The quantitative estimate of drug-likeness (QED) is 0.142. The maximum atomic E-state index is 2.56. The summed E-state index contributed by atoms with van der Waals surface area (Å²) in [5.74, 6) is 0. The third kappa shape index (κ3) is 7.66. The van der Waals surface area contributed by atoms with Gasteiger partial charge < -0.3 is 9.80 Å². The molecule has 2 spiro atoms. The van der Waals surface area contributed by atoms with Crippen LogP contribution in [0.5, 0.6) is 0 Å². The van der Waals surface area contributed by atoms with Crippen LogP contribution in [0.25, 0.3) is 66.8 Å². The van der Waals surface area contributed by atoms with Crippen molar-refractivity contribution in [2.24, 2.45) is 0 Å². The Bertz CT molecular complexity index is 5050. The van der Waals surface area contributed by atoms with Crippen LogP contribution in [0.15, 0.2) is 340 Å². The summed E-state index contributed by atoms with van der Waals surface area (Å²) in [5, 5.41) is 0. The van der Waals surface area contributed by atoms with Crippen molar-refractivity contribution in [2.45, 2.75) is 30.1 Å². The molecule has 0 radical (unpaired) electrons. The van der Waals surface area contributed by atoms with Crippen molar-refractivity contribution in [3.8, 4) is 66.8 Å². The number of rotatable bonds is 9. The molecule has 0 heterocycles. The van der Waals surface area contributed by atoms with Gasteiger partial charge in [0, 0.05) is 39.4 Å². The van der Waals surface area contributed by atoms with Crippen LogP contribution in [-0.2, 0) is 16.2 Å². The lowest BCUT2D eigenvalue weighted by Gasteiger charge is -2.49. The molecular formula is C89H62N2. The molecule has 2 nitrogen and oxygen atoms in total. The third-order valence-corrected chi connectivity index (χ3v) is 20.6. The van der Waals surface area contributed by atoms with Crippen LogP contribution in [0.1, 0.15) is 69.5 Å². The minimum atomic E-state index is -0.760. The minimum absolute atomic E-state index is 0.186. The molecule has 2 heteroatoms. The Morgan fingerprint density at radius 1 is 0.198 bits per heavy atom. The Morgan fingerprint density at radius 3 is 0.978 bits per heavy atom. The van der Waals surface area contributed by atoms with Gasteiger partial charge in [-0.1, -0.05) is 287 Å². The van der Waals surface area contributed by atoms with Crippen LogP contribution in [0.3, 0.4) is 0 Å². The smallest absolute Gasteiger partial charge is 0.0740 e. The molecule has 0 saturated heterocycles. The van der Waals surface area contributed by atoms with Gasteiger partial charge in [-0.3, -0.25) is 0 Å². The highest BCUT2D eigenvalue weighted by Gasteiger charge is 2.60. The molecule has 0 bridgehead atoms. The SMILES string of the molecule is CC1(C)c2ccccc2-c2ccc(N(c3ccc(-c4ccccc4)cc3)c3ccc4c(c3)C3(c5ccccc5-4)c4ccccc4C4(c5ccccc5-c5cccc(N(c6ccc(-c7ccccc7)cc6)c6ccc(-c7ccccc7)cc6)c54)c4ccccc43)cc21. The van der Waals surface area contributed by atoms with E-state index in [-0.39, 0.29) is 5.41 Å². The summed E-state index contributed by atoms with van der Waals surface area (Å²) in [4.78, 5) is 5.04. The highest BCUT2D eigenvalue weighted by Crippen LogP contribution is 2.69. The molecule has 14 aromatic rings. The van der Waals surface area contributed by atoms with E-state index in [4.69, 9.17) is 0 Å². The highest BCUT2D eigenvalue weighted by atomic mass is 15.2. The zero-order valence-corrected chi connectivity index (χ0v) is 50.7. The average Bonchev–Trinajstić information content (AvgIpc) is 1.56. The first-order chi connectivity index (χ1) is 44.9. The molecule has 91 heavy (non-hydrogen) atoms. The normalized spacial score (nSPS) is 16.2. The molecular weight excluding hydrogens is 1100 g/mol. The fraction of sp³-hybridized carbons (Fsp3) is 0.0562. The molecule has 0 aromatic heterocycles. The molecule has 18 rings (SSSR count). The van der Waals surface area contributed by atoms with E-state index in [2.05, 4.69) is 363 Å². The van der Waals surface area contributed by atoms with Gasteiger partial charge in [0.15, 0.2) is 0 Å². The summed E-state index contributed by atoms with van der Waals surface area (Å²) in [5.41, 5.74) is 32.7. The van der Waals surface area contributed by atoms with Crippen LogP contribution in [0.4, 0.5) is 34.1 Å². The molecule has 0 N–H and O–H groups in total. The number of hydrogen-bond acceptors (Lipinski definition) is 2. The number of anilines is 6. The molecule has 0 unspecified atom stereocenters. The molecule has 4 aliphatic rings. The first-order valence-corrected chi connectivity index (χ1v) is 31.9. The lowest BCUT2D eigenvalue weighted by molar-refractivity contribution is 0.633. The zero-order valence-electron chi connectivity index (χ0n) is 50.7. The summed E-state index contributed by atoms with van der Waals surface area (Å²) in [6.45, 7) is 4.77. The van der Waals surface area contributed by atoms with Gasteiger partial charge in [0.05, 0.1) is 16.5 Å². The molecule has 4 aliphatic carbocycles. The number of fused-ring (bicyclic) bond motifs is 19. The van der Waals surface area contributed by atoms with E-state index >= 15 is 0 Å². The predicted molar refractivity (Wildman–Crippen MR) is 378 cm³/mol. The Labute approximate surface area is 532 Å². The van der Waals surface area contributed by atoms with Gasteiger partial charge in [-0.05, 0) is 184 Å². The van der Waals surface area contributed by atoms with E-state index in [1.165, 1.54) is 122 Å². The topological polar surface area (TPSA) is 6.48 Å². The summed E-state index contributed by atoms with van der Waals surface area (Å²) in [6, 6.07) is 128. The molecule has 14 aromatic carbocycles. The monoisotopic (exact) mass is 1160 g/mol. The van der Waals surface area contributed by atoms with Crippen molar-refractivity contribution in [3.63, 3.8) is 0 Å². The average molecular weight is 1160 g/mol. The van der Waals surface area contributed by atoms with Gasteiger partial charge >= 0.3 is 0 Å². The van der Waals surface area contributed by atoms with Crippen LogP contribution in [0, 0.1) is 0 Å². The zero-order chi connectivity index (χ0) is 60.4. The fourth-order valence-corrected chi connectivity index (χ4v) is 16.6. The minimum Gasteiger partial charge on any atom is -0.310 e. The third-order valence-electron chi connectivity index (χ3n) is 20.6. The number of hydrogen-bond donors (Lipinski definition) is 0. The Kier molecular flexibility index (Phi) is 11.8. The van der Waals surface area contributed by atoms with Crippen LogP contribution >= 0.6 is 0 Å². The molecule has 0 amide bonds. The fourth-order valence-electron chi connectivity index (χ4n) is 16.6. The Hall–Kier alpha value is -11.3. The molecule has 0 atom stereocenters. The van der Waals surface area contributed by atoms with Gasteiger partial charge in [-0.15, -0.1) is 0 Å². The van der Waals surface area contributed by atoms with Crippen molar-refractivity contribution in [1.29, 1.82) is 0 Å². The maximum Gasteiger partial charge on any atom is 0.0740 e. The van der Waals surface area contributed by atoms with E-state index in [0.717, 1.165) is 34.1 Å². The van der Waals surface area contributed by atoms with Crippen molar-refractivity contribution in [1.82, 2.24) is 0 Å². The Morgan fingerprint density at radius 2 is 0.505 bits per heavy atom. The standard InChI is InChI=1S/C89H62N2/c1-87(2)76-33-15-12-29-70(76)73-55-53-68(57-83(73)87)90(65-47-41-62(42-48-65)59-23-6-3-7-24-59)69-54-56-74-71-30-13-16-34-77(71)88(84(74)58-69)79-36-18-20-38-81(79)89(82-39-21-19-37-80(82)88)78-35-17-14-31-72(78)75-32-22-40-85(86(75)89)91(66-49-43-63(44-50-66)60-25-8-4-9-26-60)67-51-45-64(46-52-67)61-27-10-5-11-28-61/h3-58H,1-2H3. The van der Waals surface area contributed by atoms with E-state index < -0.39 is 10.8 Å². The van der Waals surface area contributed by atoms with Crippen molar-refractivity contribution < 1.29 is 0 Å².